The van der Waals surface area contributed by atoms with E-state index in [1.54, 1.807) is 0 Å². The molecule has 4 aromatic rings. The predicted octanol–water partition coefficient (Wildman–Crippen LogP) is 6.04. The van der Waals surface area contributed by atoms with Crippen molar-refractivity contribution >= 4 is 23.2 Å². The molecule has 5 heteroatoms. The number of nitrogens with one attached hydrogen (secondary N) is 1. The van der Waals surface area contributed by atoms with E-state index in [9.17, 15) is 9.59 Å². The molecule has 0 unspecified atom stereocenters. The number of amides is 2. The number of benzene rings is 4. The number of aryl methyl sites for hydroxylation is 1. The Hall–Kier alpha value is -4.38. The average molecular weight is 461 g/mol. The first-order valence-corrected chi connectivity index (χ1v) is 11.8. The number of hydrogen-bond acceptors (Lipinski definition) is 3. The summed E-state index contributed by atoms with van der Waals surface area (Å²) in [6, 6.07) is 31.1. The Morgan fingerprint density at radius 1 is 0.829 bits per heavy atom. The van der Waals surface area contributed by atoms with Gasteiger partial charge in [0.25, 0.3) is 0 Å². The standard InChI is InChI=1S/C30H24N2O3/c33-28-17-14-21-18-22(15-16-25(21)32(28)19-20-8-2-1-3-9-20)31-30(34)29-23-10-4-6-12-26(23)35-27-13-7-5-11-24(27)29/h1-13,15-16,18,29H,14,17,19H2,(H,31,34). The van der Waals surface area contributed by atoms with Gasteiger partial charge in [-0.25, -0.2) is 0 Å². The van der Waals surface area contributed by atoms with Crippen molar-refractivity contribution in [2.75, 3.05) is 10.2 Å². The molecule has 35 heavy (non-hydrogen) atoms. The van der Waals surface area contributed by atoms with Crippen molar-refractivity contribution in [3.05, 3.63) is 119 Å². The highest BCUT2D eigenvalue weighted by atomic mass is 16.5. The molecule has 0 spiro atoms. The van der Waals surface area contributed by atoms with Gasteiger partial charge in [0, 0.05) is 28.9 Å². The Bertz CT molecular complexity index is 1390. The van der Waals surface area contributed by atoms with E-state index >= 15 is 0 Å². The lowest BCUT2D eigenvalue weighted by Gasteiger charge is -2.30. The van der Waals surface area contributed by atoms with Crippen molar-refractivity contribution in [1.82, 2.24) is 0 Å². The monoisotopic (exact) mass is 460 g/mol. The van der Waals surface area contributed by atoms with E-state index in [2.05, 4.69) is 5.32 Å². The number of carbonyl (C=O) groups is 2. The highest BCUT2D eigenvalue weighted by Gasteiger charge is 2.33. The molecule has 0 atom stereocenters. The summed E-state index contributed by atoms with van der Waals surface area (Å²) in [5.74, 6) is 0.941. The first kappa shape index (κ1) is 21.2. The summed E-state index contributed by atoms with van der Waals surface area (Å²) in [5, 5.41) is 3.12. The van der Waals surface area contributed by atoms with Crippen molar-refractivity contribution in [1.29, 1.82) is 0 Å². The lowest BCUT2D eigenvalue weighted by molar-refractivity contribution is -0.119. The minimum atomic E-state index is -0.469. The normalized spacial score (nSPS) is 14.4. The Balaban J connectivity index is 1.29. The van der Waals surface area contributed by atoms with Gasteiger partial charge < -0.3 is 15.0 Å². The van der Waals surface area contributed by atoms with Crippen molar-refractivity contribution in [3.8, 4) is 11.5 Å². The van der Waals surface area contributed by atoms with E-state index in [0.717, 1.165) is 33.6 Å². The first-order chi connectivity index (χ1) is 17.2. The molecule has 1 N–H and O–H groups in total. The molecule has 0 radical (unpaired) electrons. The van der Waals surface area contributed by atoms with Crippen molar-refractivity contribution in [2.45, 2.75) is 25.3 Å². The lowest BCUT2D eigenvalue weighted by atomic mass is 9.87. The van der Waals surface area contributed by atoms with Gasteiger partial charge in [-0.2, -0.15) is 0 Å². The van der Waals surface area contributed by atoms with Gasteiger partial charge in [-0.3, -0.25) is 9.59 Å². The van der Waals surface area contributed by atoms with Crippen LogP contribution in [-0.4, -0.2) is 11.8 Å². The van der Waals surface area contributed by atoms with E-state index in [-0.39, 0.29) is 11.8 Å². The zero-order chi connectivity index (χ0) is 23.8. The van der Waals surface area contributed by atoms with Gasteiger partial charge in [-0.1, -0.05) is 66.7 Å². The molecule has 2 aliphatic heterocycles. The fourth-order valence-electron chi connectivity index (χ4n) is 4.98. The molecule has 0 aliphatic carbocycles. The number of ether oxygens (including phenoxy) is 1. The second kappa shape index (κ2) is 8.76. The second-order valence-corrected chi connectivity index (χ2v) is 8.91. The maximum atomic E-state index is 13.6. The minimum Gasteiger partial charge on any atom is -0.457 e. The Labute approximate surface area is 204 Å². The van der Waals surface area contributed by atoms with Crippen LogP contribution in [0.1, 0.15) is 34.6 Å². The van der Waals surface area contributed by atoms with Crippen LogP contribution in [0.25, 0.3) is 0 Å². The average Bonchev–Trinajstić information content (AvgIpc) is 2.89. The van der Waals surface area contributed by atoms with Crippen molar-refractivity contribution < 1.29 is 14.3 Å². The topological polar surface area (TPSA) is 58.6 Å². The summed E-state index contributed by atoms with van der Waals surface area (Å²) in [6.07, 6.45) is 1.12. The minimum absolute atomic E-state index is 0.110. The van der Waals surface area contributed by atoms with Gasteiger partial charge in [-0.05, 0) is 47.9 Å². The van der Waals surface area contributed by atoms with Gasteiger partial charge in [0.2, 0.25) is 11.8 Å². The lowest BCUT2D eigenvalue weighted by Crippen LogP contribution is -2.34. The summed E-state index contributed by atoms with van der Waals surface area (Å²) in [7, 11) is 0. The van der Waals surface area contributed by atoms with Crippen LogP contribution in [0.15, 0.2) is 97.1 Å². The molecule has 0 aromatic heterocycles. The van der Waals surface area contributed by atoms with Crippen LogP contribution in [0.4, 0.5) is 11.4 Å². The van der Waals surface area contributed by atoms with Gasteiger partial charge in [-0.15, -0.1) is 0 Å². The zero-order valence-electron chi connectivity index (χ0n) is 19.1. The highest BCUT2D eigenvalue weighted by Crippen LogP contribution is 2.44. The SMILES string of the molecule is O=C(Nc1ccc2c(c1)CCC(=O)N2Cc1ccccc1)C1c2ccccc2Oc2ccccc21. The number of rotatable bonds is 4. The fourth-order valence-corrected chi connectivity index (χ4v) is 4.98. The highest BCUT2D eigenvalue weighted by molar-refractivity contribution is 6.01. The van der Waals surface area contributed by atoms with Crippen LogP contribution in [0.5, 0.6) is 11.5 Å². The Morgan fingerprint density at radius 3 is 2.20 bits per heavy atom. The smallest absolute Gasteiger partial charge is 0.236 e. The molecule has 2 heterocycles. The quantitative estimate of drug-likeness (QED) is 0.404. The third-order valence-corrected chi connectivity index (χ3v) is 6.67. The van der Waals surface area contributed by atoms with Gasteiger partial charge in [0.15, 0.2) is 0 Å². The molecule has 0 bridgehead atoms. The molecule has 172 valence electrons. The number of anilines is 2. The third kappa shape index (κ3) is 3.95. The summed E-state index contributed by atoms with van der Waals surface area (Å²) >= 11 is 0. The van der Waals surface area contributed by atoms with Crippen LogP contribution in [0.2, 0.25) is 0 Å². The number of para-hydroxylation sites is 2. The van der Waals surface area contributed by atoms with Crippen LogP contribution >= 0.6 is 0 Å². The summed E-state index contributed by atoms with van der Waals surface area (Å²) < 4.78 is 6.04. The Morgan fingerprint density at radius 2 is 1.49 bits per heavy atom. The van der Waals surface area contributed by atoms with E-state index in [0.29, 0.717) is 30.9 Å². The Kier molecular flexibility index (Phi) is 5.30. The number of carbonyl (C=O) groups excluding carboxylic acids is 2. The van der Waals surface area contributed by atoms with Crippen LogP contribution in [-0.2, 0) is 22.6 Å². The predicted molar refractivity (Wildman–Crippen MR) is 136 cm³/mol. The molecule has 5 nitrogen and oxygen atoms in total. The maximum absolute atomic E-state index is 13.6. The molecule has 0 fully saturated rings. The van der Waals surface area contributed by atoms with Crippen LogP contribution in [0.3, 0.4) is 0 Å². The van der Waals surface area contributed by atoms with E-state index in [1.165, 1.54) is 0 Å². The fraction of sp³-hybridized carbons (Fsp3) is 0.133. The summed E-state index contributed by atoms with van der Waals surface area (Å²) in [4.78, 5) is 28.1. The number of fused-ring (bicyclic) bond motifs is 3. The number of hydrogen-bond donors (Lipinski definition) is 1. The van der Waals surface area contributed by atoms with Crippen LogP contribution in [0, 0.1) is 0 Å². The molecular formula is C30H24N2O3. The maximum Gasteiger partial charge on any atom is 0.236 e. The largest absolute Gasteiger partial charge is 0.457 e. The molecule has 6 rings (SSSR count). The molecule has 0 saturated heterocycles. The van der Waals surface area contributed by atoms with E-state index in [1.807, 2.05) is 102 Å². The first-order valence-electron chi connectivity index (χ1n) is 11.8. The molecule has 4 aromatic carbocycles. The van der Waals surface area contributed by atoms with Crippen molar-refractivity contribution in [2.24, 2.45) is 0 Å². The summed E-state index contributed by atoms with van der Waals surface area (Å²) in [5.41, 5.74) is 5.48. The zero-order valence-corrected chi connectivity index (χ0v) is 19.1. The molecule has 0 saturated carbocycles. The van der Waals surface area contributed by atoms with Gasteiger partial charge in [0.05, 0.1) is 12.5 Å². The molecule has 2 amide bonds. The number of nitrogens with zero attached hydrogens (tertiary/aromatic N) is 1. The molecule has 2 aliphatic rings. The molecular weight excluding hydrogens is 436 g/mol. The van der Waals surface area contributed by atoms with Gasteiger partial charge in [0.1, 0.15) is 11.5 Å². The third-order valence-electron chi connectivity index (χ3n) is 6.67. The van der Waals surface area contributed by atoms with Crippen LogP contribution < -0.4 is 15.0 Å². The second-order valence-electron chi connectivity index (χ2n) is 8.91. The van der Waals surface area contributed by atoms with E-state index < -0.39 is 5.92 Å². The van der Waals surface area contributed by atoms with Gasteiger partial charge >= 0.3 is 0 Å². The van der Waals surface area contributed by atoms with Crippen molar-refractivity contribution in [3.63, 3.8) is 0 Å². The van der Waals surface area contributed by atoms with E-state index in [4.69, 9.17) is 4.74 Å². The summed E-state index contributed by atoms with van der Waals surface area (Å²) in [6.45, 7) is 0.536.